The number of ketones is 1. The van der Waals surface area contributed by atoms with E-state index in [1.165, 1.54) is 6.07 Å². The molecule has 30 heavy (non-hydrogen) atoms. The van der Waals surface area contributed by atoms with Gasteiger partial charge in [0.1, 0.15) is 11.4 Å². The zero-order valence-corrected chi connectivity index (χ0v) is 17.4. The topological polar surface area (TPSA) is 95.9 Å². The summed E-state index contributed by atoms with van der Waals surface area (Å²) in [5.74, 6) is -1.74. The number of amides is 1. The second-order valence-corrected chi connectivity index (χ2v) is 8.72. The monoisotopic (exact) mass is 410 g/mol. The van der Waals surface area contributed by atoms with Gasteiger partial charge in [0.25, 0.3) is 5.91 Å². The van der Waals surface area contributed by atoms with Crippen molar-refractivity contribution in [2.24, 2.45) is 5.41 Å². The Hall–Kier alpha value is -3.09. The lowest BCUT2D eigenvalue weighted by Gasteiger charge is -2.46. The van der Waals surface area contributed by atoms with Gasteiger partial charge in [0, 0.05) is 36.7 Å². The van der Waals surface area contributed by atoms with Gasteiger partial charge in [-0.15, -0.1) is 0 Å². The molecule has 1 saturated heterocycles. The first-order valence-corrected chi connectivity index (χ1v) is 10.3. The third-order valence-corrected chi connectivity index (χ3v) is 5.86. The molecule has 1 fully saturated rings. The third-order valence-electron chi connectivity index (χ3n) is 5.86. The molecular weight excluding hydrogens is 384 g/mol. The number of phenols is 1. The summed E-state index contributed by atoms with van der Waals surface area (Å²) in [4.78, 5) is 41.2. The molecule has 1 aromatic rings. The number of Topliss-reactive ketones (excluding diaryl/α,β-unsaturated/α-hetero) is 1. The Morgan fingerprint density at radius 3 is 2.77 bits per heavy atom. The van der Waals surface area contributed by atoms with Crippen LogP contribution in [0.15, 0.2) is 46.8 Å². The molecule has 1 aromatic carbocycles. The normalized spacial score (nSPS) is 23.0. The lowest BCUT2D eigenvalue weighted by molar-refractivity contribution is -0.139. The Labute approximate surface area is 175 Å². The van der Waals surface area contributed by atoms with Crippen LogP contribution in [0.5, 0.6) is 5.75 Å². The minimum absolute atomic E-state index is 0.0296. The number of allylic oxidation sites excluding steroid dienone is 2. The van der Waals surface area contributed by atoms with Gasteiger partial charge in [-0.25, -0.2) is 4.79 Å². The first-order valence-electron chi connectivity index (χ1n) is 10.3. The molecule has 2 N–H and O–H groups in total. The minimum atomic E-state index is -0.759. The molecule has 0 spiro atoms. The summed E-state index contributed by atoms with van der Waals surface area (Å²) in [7, 11) is 0. The van der Waals surface area contributed by atoms with Crippen LogP contribution in [-0.2, 0) is 19.1 Å². The number of hydrogen-bond acceptors (Lipinski definition) is 6. The fourth-order valence-corrected chi connectivity index (χ4v) is 4.75. The largest absolute Gasteiger partial charge is 0.508 e. The number of esters is 1. The molecule has 158 valence electrons. The van der Waals surface area contributed by atoms with E-state index in [0.29, 0.717) is 37.1 Å². The van der Waals surface area contributed by atoms with Gasteiger partial charge >= 0.3 is 5.97 Å². The zero-order valence-electron chi connectivity index (χ0n) is 17.4. The predicted octanol–water partition coefficient (Wildman–Crippen LogP) is 2.38. The number of rotatable bonds is 3. The Balaban J connectivity index is 2.01. The van der Waals surface area contributed by atoms with E-state index in [4.69, 9.17) is 4.74 Å². The molecule has 0 aromatic heterocycles. The molecule has 7 heteroatoms. The molecule has 1 amide bonds. The lowest BCUT2D eigenvalue weighted by atomic mass is 9.67. The molecule has 7 nitrogen and oxygen atoms in total. The quantitative estimate of drug-likeness (QED) is 0.743. The number of carbonyl (C=O) groups excluding carboxylic acids is 3. The van der Waals surface area contributed by atoms with Gasteiger partial charge in [0.15, 0.2) is 5.78 Å². The van der Waals surface area contributed by atoms with Crippen molar-refractivity contribution in [3.63, 3.8) is 0 Å². The maximum atomic E-state index is 13.4. The van der Waals surface area contributed by atoms with Gasteiger partial charge in [-0.1, -0.05) is 26.0 Å². The fourth-order valence-electron chi connectivity index (χ4n) is 4.75. The summed E-state index contributed by atoms with van der Waals surface area (Å²) in [6.45, 7) is 6.84. The number of aromatic hydroxyl groups is 1. The third kappa shape index (κ3) is 3.28. The molecule has 0 unspecified atom stereocenters. The standard InChI is InChI=1S/C23H26N2O5/c1-4-30-22(29)19-17(13-6-5-7-14(26)10-13)18-15(11-23(2,3)12-16(18)27)25-9-8-24-21(28)20(19)25/h5-7,10,17,26H,4,8-9,11-12H2,1-3H3,(H,24,28)/t17-/m0/s1. The highest BCUT2D eigenvalue weighted by Crippen LogP contribution is 2.50. The molecule has 2 aliphatic heterocycles. The van der Waals surface area contributed by atoms with Crippen LogP contribution < -0.4 is 5.32 Å². The van der Waals surface area contributed by atoms with E-state index in [9.17, 15) is 19.5 Å². The molecular formula is C23H26N2O5. The number of ether oxygens (including phenoxy) is 1. The maximum absolute atomic E-state index is 13.4. The van der Waals surface area contributed by atoms with Crippen LogP contribution in [0.3, 0.4) is 0 Å². The van der Waals surface area contributed by atoms with Crippen LogP contribution in [0.25, 0.3) is 0 Å². The summed E-state index contributed by atoms with van der Waals surface area (Å²) in [6, 6.07) is 6.50. The van der Waals surface area contributed by atoms with E-state index in [1.807, 2.05) is 18.7 Å². The first-order chi connectivity index (χ1) is 14.2. The fraction of sp³-hybridized carbons (Fsp3) is 0.435. The van der Waals surface area contributed by atoms with E-state index in [1.54, 1.807) is 25.1 Å². The highest BCUT2D eigenvalue weighted by atomic mass is 16.5. The molecule has 0 bridgehead atoms. The first kappa shape index (κ1) is 20.2. The van der Waals surface area contributed by atoms with Crippen LogP contribution in [0.4, 0.5) is 0 Å². The van der Waals surface area contributed by atoms with Crippen molar-refractivity contribution in [1.82, 2.24) is 10.2 Å². The van der Waals surface area contributed by atoms with Gasteiger partial charge in [0.05, 0.1) is 12.2 Å². The molecule has 4 rings (SSSR count). The van der Waals surface area contributed by atoms with Crippen LogP contribution in [0.2, 0.25) is 0 Å². The summed E-state index contributed by atoms with van der Waals surface area (Å²) in [5.41, 5.74) is 2.07. The number of carbonyl (C=O) groups is 3. The number of piperazine rings is 1. The SMILES string of the molecule is CCOC(=O)C1=C2C(=O)NCCN2C2=C(C(=O)CC(C)(C)C2)[C@@H]1c1cccc(O)c1. The van der Waals surface area contributed by atoms with Crippen LogP contribution in [-0.4, -0.2) is 47.4 Å². The lowest BCUT2D eigenvalue weighted by Crippen LogP contribution is -2.51. The highest BCUT2D eigenvalue weighted by molar-refractivity contribution is 6.09. The van der Waals surface area contributed by atoms with E-state index < -0.39 is 11.9 Å². The van der Waals surface area contributed by atoms with Gasteiger partial charge in [0.2, 0.25) is 0 Å². The Morgan fingerprint density at radius 1 is 1.30 bits per heavy atom. The van der Waals surface area contributed by atoms with Gasteiger partial charge in [-0.3, -0.25) is 9.59 Å². The Bertz CT molecular complexity index is 1000. The van der Waals surface area contributed by atoms with Crippen molar-refractivity contribution in [2.75, 3.05) is 19.7 Å². The van der Waals surface area contributed by atoms with Crippen molar-refractivity contribution in [2.45, 2.75) is 39.5 Å². The van der Waals surface area contributed by atoms with Crippen molar-refractivity contribution < 1.29 is 24.2 Å². The van der Waals surface area contributed by atoms with Crippen LogP contribution >= 0.6 is 0 Å². The molecule has 0 saturated carbocycles. The predicted molar refractivity (Wildman–Crippen MR) is 109 cm³/mol. The average molecular weight is 410 g/mol. The Kier molecular flexibility index (Phi) is 4.92. The smallest absolute Gasteiger partial charge is 0.337 e. The number of nitrogens with one attached hydrogen (secondary N) is 1. The number of benzene rings is 1. The second kappa shape index (κ2) is 7.31. The zero-order chi connectivity index (χ0) is 21.6. The van der Waals surface area contributed by atoms with Crippen molar-refractivity contribution >= 4 is 17.7 Å². The van der Waals surface area contributed by atoms with Crippen LogP contribution in [0.1, 0.15) is 45.1 Å². The average Bonchev–Trinajstić information content (AvgIpc) is 2.66. The summed E-state index contributed by atoms with van der Waals surface area (Å²) in [6.07, 6.45) is 0.975. The molecule has 1 aliphatic carbocycles. The molecule has 1 atom stereocenters. The van der Waals surface area contributed by atoms with E-state index in [0.717, 1.165) is 5.70 Å². The summed E-state index contributed by atoms with van der Waals surface area (Å²) < 4.78 is 5.32. The van der Waals surface area contributed by atoms with E-state index in [-0.39, 0.29) is 40.7 Å². The second-order valence-electron chi connectivity index (χ2n) is 8.72. The number of phenolic OH excluding ortho intramolecular Hbond substituents is 1. The summed E-state index contributed by atoms with van der Waals surface area (Å²) in [5, 5.41) is 12.9. The van der Waals surface area contributed by atoms with Gasteiger partial charge in [-0.2, -0.15) is 0 Å². The van der Waals surface area contributed by atoms with E-state index in [2.05, 4.69) is 5.32 Å². The number of nitrogens with zero attached hydrogens (tertiary/aromatic N) is 1. The minimum Gasteiger partial charge on any atom is -0.508 e. The van der Waals surface area contributed by atoms with Crippen LogP contribution in [0, 0.1) is 5.41 Å². The molecule has 3 aliphatic rings. The highest BCUT2D eigenvalue weighted by Gasteiger charge is 2.48. The Morgan fingerprint density at radius 2 is 2.07 bits per heavy atom. The van der Waals surface area contributed by atoms with Gasteiger partial charge in [-0.05, 0) is 36.5 Å². The number of hydrogen-bond donors (Lipinski definition) is 2. The van der Waals surface area contributed by atoms with E-state index >= 15 is 0 Å². The van der Waals surface area contributed by atoms with Gasteiger partial charge < -0.3 is 20.1 Å². The number of fused-ring (bicyclic) bond motifs is 2. The summed E-state index contributed by atoms with van der Waals surface area (Å²) >= 11 is 0. The molecule has 0 radical (unpaired) electrons. The molecule has 2 heterocycles. The van der Waals surface area contributed by atoms with Crippen molar-refractivity contribution in [3.05, 3.63) is 52.4 Å². The maximum Gasteiger partial charge on any atom is 0.337 e. The van der Waals surface area contributed by atoms with Crippen molar-refractivity contribution in [1.29, 1.82) is 0 Å². The van der Waals surface area contributed by atoms with Crippen molar-refractivity contribution in [3.8, 4) is 5.75 Å².